The average Bonchev–Trinajstić information content (AvgIpc) is 3.62. The Morgan fingerprint density at radius 3 is 2.58 bits per heavy atom. The van der Waals surface area contributed by atoms with E-state index in [2.05, 4.69) is 10.6 Å². The summed E-state index contributed by atoms with van der Waals surface area (Å²) >= 11 is 0. The molecule has 1 aliphatic carbocycles. The topological polar surface area (TPSA) is 136 Å². The molecule has 3 heterocycles. The fourth-order valence-corrected chi connectivity index (χ4v) is 6.91. The fraction of sp³-hybridized carbons (Fsp3) is 0.462. The highest BCUT2D eigenvalue weighted by atomic mass is 16.5. The maximum Gasteiger partial charge on any atom is 0.332 e. The molecule has 6 rings (SSSR count). The normalized spacial score (nSPS) is 25.8. The van der Waals surface area contributed by atoms with E-state index in [1.807, 2.05) is 87.5 Å². The van der Waals surface area contributed by atoms with E-state index in [-0.39, 0.29) is 43.7 Å². The number of pyridine rings is 1. The highest BCUT2D eigenvalue weighted by Crippen LogP contribution is 2.46. The molecule has 1 saturated carbocycles. The smallest absolute Gasteiger partial charge is 0.332 e. The third-order valence-corrected chi connectivity index (χ3v) is 9.75. The zero-order chi connectivity index (χ0) is 35.6. The van der Waals surface area contributed by atoms with Crippen molar-refractivity contribution in [1.82, 2.24) is 20.5 Å². The second-order valence-electron chi connectivity index (χ2n) is 14.4. The summed E-state index contributed by atoms with van der Waals surface area (Å²) in [5, 5.41) is 6.73. The number of hydrogen-bond acceptors (Lipinski definition) is 8. The van der Waals surface area contributed by atoms with Gasteiger partial charge in [-0.15, -0.1) is 0 Å². The molecule has 3 aromatic rings. The monoisotopic (exact) mass is 682 g/mol. The fourth-order valence-electron chi connectivity index (χ4n) is 6.91. The molecule has 2 N–H and O–H groups in total. The Hall–Kier alpha value is -4.93. The van der Waals surface area contributed by atoms with E-state index in [4.69, 9.17) is 19.2 Å². The lowest BCUT2D eigenvalue weighted by Gasteiger charge is -2.35. The van der Waals surface area contributed by atoms with Gasteiger partial charge in [-0.3, -0.25) is 14.4 Å². The van der Waals surface area contributed by atoms with E-state index in [1.54, 1.807) is 14.0 Å². The number of fused-ring (bicyclic) bond motifs is 3. The number of benzene rings is 2. The molecule has 1 unspecified atom stereocenters. The predicted octanol–water partition coefficient (Wildman–Crippen LogP) is 4.97. The first kappa shape index (κ1) is 34.9. The first-order valence-electron chi connectivity index (χ1n) is 17.4. The summed E-state index contributed by atoms with van der Waals surface area (Å²) in [6.07, 6.45) is 5.30. The van der Waals surface area contributed by atoms with Crippen molar-refractivity contribution in [3.8, 4) is 22.8 Å². The highest BCUT2D eigenvalue weighted by Gasteiger charge is 2.62. The molecule has 11 nitrogen and oxygen atoms in total. The number of nitrogens with one attached hydrogen (secondary N) is 2. The zero-order valence-corrected chi connectivity index (χ0v) is 29.4. The second-order valence-corrected chi connectivity index (χ2v) is 14.4. The van der Waals surface area contributed by atoms with E-state index in [0.29, 0.717) is 42.0 Å². The van der Waals surface area contributed by atoms with Crippen LogP contribution in [0.25, 0.3) is 22.2 Å². The van der Waals surface area contributed by atoms with Gasteiger partial charge in [0, 0.05) is 41.8 Å². The van der Waals surface area contributed by atoms with Gasteiger partial charge in [0.1, 0.15) is 35.2 Å². The van der Waals surface area contributed by atoms with Crippen molar-refractivity contribution >= 4 is 34.6 Å². The van der Waals surface area contributed by atoms with Gasteiger partial charge in [0.25, 0.3) is 0 Å². The van der Waals surface area contributed by atoms with Crippen LogP contribution in [0, 0.1) is 11.3 Å². The summed E-state index contributed by atoms with van der Waals surface area (Å²) in [5.74, 6) is -0.613. The van der Waals surface area contributed by atoms with Crippen LogP contribution in [0.5, 0.6) is 11.5 Å². The Morgan fingerprint density at radius 1 is 1.08 bits per heavy atom. The molecule has 2 aromatic carbocycles. The van der Waals surface area contributed by atoms with Gasteiger partial charge in [-0.25, -0.2) is 9.78 Å². The van der Waals surface area contributed by atoms with Gasteiger partial charge in [0.2, 0.25) is 17.7 Å². The van der Waals surface area contributed by atoms with Crippen molar-refractivity contribution in [1.29, 1.82) is 0 Å². The molecule has 3 amide bonds. The summed E-state index contributed by atoms with van der Waals surface area (Å²) in [4.78, 5) is 61.5. The van der Waals surface area contributed by atoms with E-state index in [9.17, 15) is 19.2 Å². The number of carbonyl (C=O) groups excluding carboxylic acids is 4. The summed E-state index contributed by atoms with van der Waals surface area (Å²) in [6.45, 7) is 7.66. The minimum absolute atomic E-state index is 0.0930. The lowest BCUT2D eigenvalue weighted by Crippen LogP contribution is -2.59. The van der Waals surface area contributed by atoms with Crippen LogP contribution < -0.4 is 20.1 Å². The van der Waals surface area contributed by atoms with Crippen LogP contribution in [-0.4, -0.2) is 77.6 Å². The number of hydrogen-bond donors (Lipinski definition) is 2. The van der Waals surface area contributed by atoms with Gasteiger partial charge < -0.3 is 29.7 Å². The second kappa shape index (κ2) is 14.1. The van der Waals surface area contributed by atoms with Crippen molar-refractivity contribution in [2.75, 3.05) is 20.3 Å². The summed E-state index contributed by atoms with van der Waals surface area (Å²) in [5.41, 5.74) is 0.403. The number of rotatable bonds is 6. The Bertz CT molecular complexity index is 1800. The Morgan fingerprint density at radius 2 is 1.86 bits per heavy atom. The first-order valence-corrected chi connectivity index (χ1v) is 17.4. The minimum Gasteiger partial charge on any atom is -0.497 e. The zero-order valence-electron chi connectivity index (χ0n) is 29.4. The molecule has 3 aliphatic rings. The summed E-state index contributed by atoms with van der Waals surface area (Å²) in [6, 6.07) is 15.3. The molecule has 0 bridgehead atoms. The van der Waals surface area contributed by atoms with Gasteiger partial charge in [0.05, 0.1) is 31.5 Å². The first-order chi connectivity index (χ1) is 23.9. The van der Waals surface area contributed by atoms with E-state index < -0.39 is 41.0 Å². The SMILES string of the molecule is CCOC(=O)[C@]12C[C@H]1C=CCCCC(=O)N[C@@H](C(C)(C)C)C(=O)N1C[C@H](Oc3cc(-c4ccccc4)nc4cc(OC)ccc34)CC1C(=O)N2. The molecule has 0 spiro atoms. The van der Waals surface area contributed by atoms with Crippen LogP contribution in [0.1, 0.15) is 59.8 Å². The van der Waals surface area contributed by atoms with Crippen molar-refractivity contribution in [3.05, 3.63) is 66.7 Å². The number of esters is 1. The third kappa shape index (κ3) is 7.18. The highest BCUT2D eigenvalue weighted by molar-refractivity contribution is 5.97. The van der Waals surface area contributed by atoms with Crippen molar-refractivity contribution < 1.29 is 33.4 Å². The summed E-state index contributed by atoms with van der Waals surface area (Å²) in [7, 11) is 1.60. The van der Waals surface area contributed by atoms with Gasteiger partial charge in [-0.05, 0) is 43.7 Å². The Kier molecular flexibility index (Phi) is 9.87. The Balaban J connectivity index is 1.37. The Labute approximate surface area is 292 Å². The minimum atomic E-state index is -1.21. The number of allylic oxidation sites excluding steroid dienone is 1. The van der Waals surface area contributed by atoms with Crippen LogP contribution >= 0.6 is 0 Å². The molecule has 50 heavy (non-hydrogen) atoms. The average molecular weight is 683 g/mol. The van der Waals surface area contributed by atoms with Gasteiger partial charge in [-0.1, -0.05) is 63.3 Å². The molecule has 0 radical (unpaired) electrons. The van der Waals surface area contributed by atoms with Gasteiger partial charge in [-0.2, -0.15) is 0 Å². The number of ether oxygens (including phenoxy) is 3. The molecule has 5 atom stereocenters. The maximum absolute atomic E-state index is 14.5. The van der Waals surface area contributed by atoms with Crippen LogP contribution in [0.4, 0.5) is 0 Å². The number of amides is 3. The van der Waals surface area contributed by atoms with Gasteiger partial charge >= 0.3 is 5.97 Å². The molecule has 1 saturated heterocycles. The van der Waals surface area contributed by atoms with Crippen LogP contribution in [0.2, 0.25) is 0 Å². The molecule has 1 aromatic heterocycles. The molecular weight excluding hydrogens is 636 g/mol. The number of carbonyl (C=O) groups is 4. The van der Waals surface area contributed by atoms with Crippen LogP contribution in [-0.2, 0) is 23.9 Å². The lowest BCUT2D eigenvalue weighted by molar-refractivity contribution is -0.150. The van der Waals surface area contributed by atoms with Crippen molar-refractivity contribution in [3.63, 3.8) is 0 Å². The van der Waals surface area contributed by atoms with Gasteiger partial charge in [0.15, 0.2) is 0 Å². The molecular formula is C39H46N4O7. The lowest BCUT2D eigenvalue weighted by atomic mass is 9.85. The quantitative estimate of drug-likeness (QED) is 0.275. The van der Waals surface area contributed by atoms with E-state index in [1.165, 1.54) is 4.90 Å². The van der Waals surface area contributed by atoms with Crippen LogP contribution in [0.3, 0.4) is 0 Å². The standard InChI is InChI=1S/C39H46N4O7/c1-6-49-37(47)39-22-25(39)15-11-8-12-16-33(44)41-34(38(2,3)4)36(46)43-23-27(20-31(43)35(45)42-39)50-32-21-29(24-13-9-7-10-14-24)40-30-19-26(48-5)17-18-28(30)32/h7,9-11,13-15,17-19,21,25,27,31,34H,6,8,12,16,20,22-23H2,1-5H3,(H,41,44)(H,42,45)/t25-,27-,31?,34-,39+/m1/s1. The maximum atomic E-state index is 14.5. The van der Waals surface area contributed by atoms with E-state index in [0.717, 1.165) is 10.9 Å². The number of nitrogens with zero attached hydrogens (tertiary/aromatic N) is 2. The van der Waals surface area contributed by atoms with Crippen molar-refractivity contribution in [2.45, 2.75) is 83.5 Å². The summed E-state index contributed by atoms with van der Waals surface area (Å²) < 4.78 is 17.6. The number of aromatic nitrogens is 1. The third-order valence-electron chi connectivity index (χ3n) is 9.75. The molecule has 264 valence electrons. The van der Waals surface area contributed by atoms with Crippen molar-refractivity contribution in [2.24, 2.45) is 11.3 Å². The molecule has 11 heteroatoms. The van der Waals surface area contributed by atoms with E-state index >= 15 is 0 Å². The molecule has 2 fully saturated rings. The number of methoxy groups -OCH3 is 1. The van der Waals surface area contributed by atoms with Crippen LogP contribution in [0.15, 0.2) is 66.7 Å². The largest absolute Gasteiger partial charge is 0.497 e. The predicted molar refractivity (Wildman–Crippen MR) is 188 cm³/mol. The molecule has 2 aliphatic heterocycles.